The predicted molar refractivity (Wildman–Crippen MR) is 88.4 cm³/mol. The molecule has 0 N–H and O–H groups in total. The number of fused-ring (bicyclic) bond motifs is 4. The van der Waals surface area contributed by atoms with Crippen molar-refractivity contribution in [1.82, 2.24) is 0 Å². The molecule has 0 atom stereocenters. The summed E-state index contributed by atoms with van der Waals surface area (Å²) in [4.78, 5) is 0. The summed E-state index contributed by atoms with van der Waals surface area (Å²) in [5.74, 6) is 0. The van der Waals surface area contributed by atoms with Gasteiger partial charge in [0.2, 0.25) is 0 Å². The largest absolute Gasteiger partial charge is 0.0616 e. The number of hydrogen-bond donors (Lipinski definition) is 0. The lowest BCUT2D eigenvalue weighted by Crippen LogP contribution is -1.84. The van der Waals surface area contributed by atoms with Gasteiger partial charge in [0, 0.05) is 0 Å². The zero-order chi connectivity index (χ0) is 13.7. The fourth-order valence-electron chi connectivity index (χ4n) is 3.02. The van der Waals surface area contributed by atoms with Gasteiger partial charge in [-0.1, -0.05) is 48.5 Å². The highest BCUT2D eigenvalue weighted by molar-refractivity contribution is 6.12. The van der Waals surface area contributed by atoms with E-state index in [-0.39, 0.29) is 0 Å². The van der Waals surface area contributed by atoms with Crippen LogP contribution >= 0.6 is 0 Å². The molecule has 4 aromatic rings. The number of aryl methyl sites for hydroxylation is 2. The minimum atomic E-state index is 1.31. The number of hydrogen-bond acceptors (Lipinski definition) is 0. The van der Waals surface area contributed by atoms with Crippen LogP contribution in [0.5, 0.6) is 0 Å². The van der Waals surface area contributed by atoms with Gasteiger partial charge in [0.15, 0.2) is 0 Å². The zero-order valence-electron chi connectivity index (χ0n) is 11.8. The molecule has 0 heterocycles. The molecule has 0 nitrogen and oxygen atoms in total. The standard InChI is InChI=1S/C20H16/c1-13-9-17-7-8-18-11-15-5-3-4-6-16(15)12-20(18)19(17)10-14(13)2/h3-12H,1-2H3. The third kappa shape index (κ3) is 1.61. The molecule has 96 valence electrons. The lowest BCUT2D eigenvalue weighted by atomic mass is 9.95. The summed E-state index contributed by atoms with van der Waals surface area (Å²) in [6.45, 7) is 4.37. The van der Waals surface area contributed by atoms with Crippen LogP contribution in [0.4, 0.5) is 0 Å². The molecular weight excluding hydrogens is 240 g/mol. The van der Waals surface area contributed by atoms with E-state index in [4.69, 9.17) is 0 Å². The second kappa shape index (κ2) is 4.08. The van der Waals surface area contributed by atoms with E-state index in [1.54, 1.807) is 0 Å². The van der Waals surface area contributed by atoms with E-state index in [1.807, 2.05) is 0 Å². The van der Waals surface area contributed by atoms with Gasteiger partial charge >= 0.3 is 0 Å². The Hall–Kier alpha value is -2.34. The van der Waals surface area contributed by atoms with Crippen molar-refractivity contribution in [2.24, 2.45) is 0 Å². The summed E-state index contributed by atoms with van der Waals surface area (Å²) in [6.07, 6.45) is 0. The highest BCUT2D eigenvalue weighted by Crippen LogP contribution is 2.30. The van der Waals surface area contributed by atoms with Crippen molar-refractivity contribution in [1.29, 1.82) is 0 Å². The van der Waals surface area contributed by atoms with E-state index in [0.29, 0.717) is 0 Å². The van der Waals surface area contributed by atoms with Crippen LogP contribution in [0.3, 0.4) is 0 Å². The third-order valence-electron chi connectivity index (χ3n) is 4.32. The molecule has 0 saturated heterocycles. The lowest BCUT2D eigenvalue weighted by Gasteiger charge is -2.09. The third-order valence-corrected chi connectivity index (χ3v) is 4.32. The summed E-state index contributed by atoms with van der Waals surface area (Å²) in [7, 11) is 0. The van der Waals surface area contributed by atoms with Crippen molar-refractivity contribution < 1.29 is 0 Å². The lowest BCUT2D eigenvalue weighted by molar-refractivity contribution is 1.37. The van der Waals surface area contributed by atoms with E-state index in [2.05, 4.69) is 74.5 Å². The fourth-order valence-corrected chi connectivity index (χ4v) is 3.02. The maximum Gasteiger partial charge on any atom is -0.00989 e. The Morgan fingerprint density at radius 1 is 0.500 bits per heavy atom. The molecule has 0 bridgehead atoms. The average molecular weight is 256 g/mol. The molecule has 0 aliphatic carbocycles. The van der Waals surface area contributed by atoms with Crippen molar-refractivity contribution in [3.8, 4) is 0 Å². The first-order chi connectivity index (χ1) is 9.72. The molecule has 0 saturated carbocycles. The summed E-state index contributed by atoms with van der Waals surface area (Å²) >= 11 is 0. The monoisotopic (exact) mass is 256 g/mol. The second-order valence-corrected chi connectivity index (χ2v) is 5.64. The van der Waals surface area contributed by atoms with Crippen molar-refractivity contribution in [3.63, 3.8) is 0 Å². The molecule has 4 rings (SSSR count). The molecule has 0 radical (unpaired) electrons. The van der Waals surface area contributed by atoms with Crippen molar-refractivity contribution in [2.45, 2.75) is 13.8 Å². The predicted octanol–water partition coefficient (Wildman–Crippen LogP) is 5.76. The Kier molecular flexibility index (Phi) is 2.34. The summed E-state index contributed by atoms with van der Waals surface area (Å²) in [5.41, 5.74) is 2.72. The van der Waals surface area contributed by atoms with Gasteiger partial charge in [0.1, 0.15) is 0 Å². The minimum Gasteiger partial charge on any atom is -0.0616 e. The highest BCUT2D eigenvalue weighted by Gasteiger charge is 2.04. The molecule has 0 spiro atoms. The minimum absolute atomic E-state index is 1.31. The van der Waals surface area contributed by atoms with E-state index < -0.39 is 0 Å². The molecule has 0 aromatic heterocycles. The van der Waals surface area contributed by atoms with Crippen LogP contribution in [-0.4, -0.2) is 0 Å². The molecular formula is C20H16. The fraction of sp³-hybridized carbons (Fsp3) is 0.100. The number of benzene rings is 4. The first-order valence-electron chi connectivity index (χ1n) is 7.05. The van der Waals surface area contributed by atoms with Gasteiger partial charge in [-0.05, 0) is 69.4 Å². The van der Waals surface area contributed by atoms with Gasteiger partial charge in [0.25, 0.3) is 0 Å². The van der Waals surface area contributed by atoms with Crippen molar-refractivity contribution in [3.05, 3.63) is 71.8 Å². The van der Waals surface area contributed by atoms with Crippen molar-refractivity contribution in [2.75, 3.05) is 0 Å². The van der Waals surface area contributed by atoms with E-state index in [0.717, 1.165) is 0 Å². The second-order valence-electron chi connectivity index (χ2n) is 5.64. The van der Waals surface area contributed by atoms with E-state index >= 15 is 0 Å². The van der Waals surface area contributed by atoms with Gasteiger partial charge < -0.3 is 0 Å². The van der Waals surface area contributed by atoms with Crippen LogP contribution in [0.25, 0.3) is 32.3 Å². The highest BCUT2D eigenvalue weighted by atomic mass is 14.1. The SMILES string of the molecule is Cc1cc2ccc3cc4ccccc4cc3c2cc1C. The van der Waals surface area contributed by atoms with Crippen LogP contribution < -0.4 is 0 Å². The van der Waals surface area contributed by atoms with Crippen LogP contribution in [-0.2, 0) is 0 Å². The van der Waals surface area contributed by atoms with Crippen LogP contribution in [0.15, 0.2) is 60.7 Å². The maximum absolute atomic E-state index is 2.32. The molecule has 0 heteroatoms. The Morgan fingerprint density at radius 2 is 1.05 bits per heavy atom. The topological polar surface area (TPSA) is 0 Å². The van der Waals surface area contributed by atoms with Gasteiger partial charge in [-0.3, -0.25) is 0 Å². The normalized spacial score (nSPS) is 11.5. The molecule has 0 unspecified atom stereocenters. The summed E-state index contributed by atoms with van der Waals surface area (Å²) in [5, 5.41) is 7.98. The average Bonchev–Trinajstić information content (AvgIpc) is 2.47. The van der Waals surface area contributed by atoms with Crippen LogP contribution in [0.1, 0.15) is 11.1 Å². The van der Waals surface area contributed by atoms with E-state index in [1.165, 1.54) is 43.4 Å². The molecule has 4 aromatic carbocycles. The quantitative estimate of drug-likeness (QED) is 0.277. The summed E-state index contributed by atoms with van der Waals surface area (Å²) in [6, 6.07) is 22.3. The Balaban J connectivity index is 2.22. The Bertz CT molecular complexity index is 962. The van der Waals surface area contributed by atoms with Gasteiger partial charge in [-0.2, -0.15) is 0 Å². The Morgan fingerprint density at radius 3 is 1.80 bits per heavy atom. The van der Waals surface area contributed by atoms with Gasteiger partial charge in [-0.25, -0.2) is 0 Å². The summed E-state index contributed by atoms with van der Waals surface area (Å²) < 4.78 is 0. The van der Waals surface area contributed by atoms with Crippen LogP contribution in [0, 0.1) is 13.8 Å². The smallest absolute Gasteiger partial charge is 0.00989 e. The first kappa shape index (κ1) is 11.5. The molecule has 0 aliphatic heterocycles. The maximum atomic E-state index is 2.32. The molecule has 0 amide bonds. The number of rotatable bonds is 0. The zero-order valence-corrected chi connectivity index (χ0v) is 11.8. The van der Waals surface area contributed by atoms with Crippen molar-refractivity contribution >= 4 is 32.3 Å². The van der Waals surface area contributed by atoms with E-state index in [9.17, 15) is 0 Å². The first-order valence-corrected chi connectivity index (χ1v) is 7.05. The van der Waals surface area contributed by atoms with Gasteiger partial charge in [0.05, 0.1) is 0 Å². The molecule has 20 heavy (non-hydrogen) atoms. The van der Waals surface area contributed by atoms with Crippen LogP contribution in [0.2, 0.25) is 0 Å². The Labute approximate surface area is 118 Å². The molecule has 0 aliphatic rings. The molecule has 0 fully saturated rings. The van der Waals surface area contributed by atoms with Gasteiger partial charge in [-0.15, -0.1) is 0 Å².